The smallest absolute Gasteiger partial charge is 0.191 e. The Morgan fingerprint density at radius 2 is 2.11 bits per heavy atom. The first-order chi connectivity index (χ1) is 13.6. The zero-order chi connectivity index (χ0) is 20.0. The number of likely N-dealkylation sites (tertiary alicyclic amines) is 1. The zero-order valence-corrected chi connectivity index (χ0v) is 18.1. The molecule has 156 valence electrons. The molecule has 0 aromatic carbocycles. The third-order valence-corrected chi connectivity index (χ3v) is 6.65. The van der Waals surface area contributed by atoms with Gasteiger partial charge in [0.15, 0.2) is 5.96 Å². The molecule has 0 aromatic rings. The van der Waals surface area contributed by atoms with Gasteiger partial charge in [-0.1, -0.05) is 70.6 Å². The largest absolute Gasteiger partial charge is 0.370 e. The van der Waals surface area contributed by atoms with Gasteiger partial charge in [-0.25, -0.2) is 0 Å². The highest BCUT2D eigenvalue weighted by Gasteiger charge is 2.38. The lowest BCUT2D eigenvalue weighted by Crippen LogP contribution is -2.62. The summed E-state index contributed by atoms with van der Waals surface area (Å²) in [4.78, 5) is 11.1. The molecule has 2 heterocycles. The van der Waals surface area contributed by atoms with Gasteiger partial charge in [-0.05, 0) is 24.7 Å². The third-order valence-electron chi connectivity index (χ3n) is 6.65. The maximum Gasteiger partial charge on any atom is 0.191 e. The van der Waals surface area contributed by atoms with Crippen molar-refractivity contribution in [1.82, 2.24) is 10.2 Å². The van der Waals surface area contributed by atoms with Gasteiger partial charge in [-0.2, -0.15) is 0 Å². The van der Waals surface area contributed by atoms with E-state index >= 15 is 0 Å². The van der Waals surface area contributed by atoms with E-state index in [-0.39, 0.29) is 0 Å². The molecule has 1 fully saturated rings. The minimum atomic E-state index is 0.309. The van der Waals surface area contributed by atoms with E-state index in [9.17, 15) is 0 Å². The topological polar surface area (TPSA) is 66.0 Å². The van der Waals surface area contributed by atoms with Crippen molar-refractivity contribution in [2.75, 3.05) is 20.1 Å². The monoisotopic (exact) mass is 385 g/mol. The number of rotatable bonds is 9. The fourth-order valence-electron chi connectivity index (χ4n) is 4.53. The number of hydrogen-bond acceptors (Lipinski definition) is 3. The molecule has 3 unspecified atom stereocenters. The highest BCUT2D eigenvalue weighted by Crippen LogP contribution is 2.35. The number of hydrogen-bond donors (Lipinski definition) is 2. The molecule has 5 heteroatoms. The third kappa shape index (κ3) is 4.98. The number of guanidine groups is 1. The lowest BCUT2D eigenvalue weighted by Gasteiger charge is -2.44. The van der Waals surface area contributed by atoms with E-state index in [1.54, 1.807) is 7.05 Å². The van der Waals surface area contributed by atoms with Crippen molar-refractivity contribution < 1.29 is 0 Å². The molecule has 3 aliphatic rings. The molecule has 1 aliphatic carbocycles. The van der Waals surface area contributed by atoms with E-state index in [0.29, 0.717) is 23.5 Å². The minimum Gasteiger partial charge on any atom is -0.370 e. The Morgan fingerprint density at radius 1 is 1.32 bits per heavy atom. The predicted molar refractivity (Wildman–Crippen MR) is 120 cm³/mol. The van der Waals surface area contributed by atoms with Crippen molar-refractivity contribution in [3.05, 3.63) is 23.8 Å². The highest BCUT2D eigenvalue weighted by atomic mass is 15.3. The number of allylic oxidation sites excluding steroid dienone is 2. The molecule has 0 amide bonds. The van der Waals surface area contributed by atoms with Crippen LogP contribution in [0.2, 0.25) is 0 Å². The van der Waals surface area contributed by atoms with E-state index in [1.165, 1.54) is 50.5 Å². The van der Waals surface area contributed by atoms with Crippen molar-refractivity contribution in [2.45, 2.75) is 83.7 Å². The number of nitrogens with zero attached hydrogens (tertiary/aromatic N) is 3. The van der Waals surface area contributed by atoms with Gasteiger partial charge in [0.2, 0.25) is 0 Å². The summed E-state index contributed by atoms with van der Waals surface area (Å²) in [6.07, 6.45) is 18.9. The Kier molecular flexibility index (Phi) is 7.19. The summed E-state index contributed by atoms with van der Waals surface area (Å²) >= 11 is 0. The highest BCUT2D eigenvalue weighted by molar-refractivity contribution is 6.02. The van der Waals surface area contributed by atoms with Crippen LogP contribution in [0.1, 0.15) is 71.6 Å². The SMILES string of the molecule is CCCCCCCCC1(C)C=CC(C2=NCC(C3CCN3/C(N)=N\C)N2)=CC1. The summed E-state index contributed by atoms with van der Waals surface area (Å²) < 4.78 is 0. The number of unbranched alkanes of at least 4 members (excludes halogenated alkanes) is 5. The first-order valence-corrected chi connectivity index (χ1v) is 11.3. The lowest BCUT2D eigenvalue weighted by molar-refractivity contribution is 0.151. The molecule has 28 heavy (non-hydrogen) atoms. The second kappa shape index (κ2) is 9.62. The Bertz CT molecular complexity index is 647. The standard InChI is InChI=1S/C23H39N5/c1-4-5-6-7-8-9-13-23(2)14-10-18(11-15-23)21-26-17-19(27-21)20-12-16-28(20)22(24)25-3/h10-11,14,19-20H,4-9,12-13,15-17H2,1-3H3,(H2,24,25)(H,26,27). The van der Waals surface area contributed by atoms with Crippen LogP contribution in [-0.4, -0.2) is 48.9 Å². The molecule has 3 atom stereocenters. The molecular formula is C23H39N5. The number of amidine groups is 1. The van der Waals surface area contributed by atoms with Gasteiger partial charge >= 0.3 is 0 Å². The van der Waals surface area contributed by atoms with Gasteiger partial charge in [-0.15, -0.1) is 0 Å². The van der Waals surface area contributed by atoms with Crippen molar-refractivity contribution in [1.29, 1.82) is 0 Å². The molecule has 1 saturated heterocycles. The Morgan fingerprint density at radius 3 is 2.75 bits per heavy atom. The van der Waals surface area contributed by atoms with Crippen molar-refractivity contribution in [2.24, 2.45) is 21.1 Å². The zero-order valence-electron chi connectivity index (χ0n) is 18.1. The molecule has 0 radical (unpaired) electrons. The molecule has 3 N–H and O–H groups in total. The number of aliphatic imine (C=N–C) groups is 2. The quantitative estimate of drug-likeness (QED) is 0.358. The van der Waals surface area contributed by atoms with E-state index in [2.05, 4.69) is 47.3 Å². The lowest BCUT2D eigenvalue weighted by atomic mass is 9.77. The van der Waals surface area contributed by atoms with Crippen LogP contribution in [0.5, 0.6) is 0 Å². The summed E-state index contributed by atoms with van der Waals surface area (Å²) in [5.74, 6) is 1.70. The van der Waals surface area contributed by atoms with Gasteiger partial charge in [0, 0.05) is 19.2 Å². The Balaban J connectivity index is 1.44. The summed E-state index contributed by atoms with van der Waals surface area (Å²) in [6, 6.07) is 0.755. The van der Waals surface area contributed by atoms with Crippen LogP contribution in [0.4, 0.5) is 0 Å². The van der Waals surface area contributed by atoms with E-state index in [0.717, 1.165) is 31.8 Å². The van der Waals surface area contributed by atoms with Crippen molar-refractivity contribution in [3.8, 4) is 0 Å². The fraction of sp³-hybridized carbons (Fsp3) is 0.739. The number of nitrogens with two attached hydrogens (primary N) is 1. The molecule has 0 bridgehead atoms. The van der Waals surface area contributed by atoms with Crippen LogP contribution in [0, 0.1) is 5.41 Å². The molecule has 0 spiro atoms. The maximum absolute atomic E-state index is 6.01. The van der Waals surface area contributed by atoms with Gasteiger partial charge in [0.1, 0.15) is 5.84 Å². The van der Waals surface area contributed by atoms with Crippen LogP contribution >= 0.6 is 0 Å². The van der Waals surface area contributed by atoms with E-state index in [1.807, 2.05) is 0 Å². The molecule has 3 rings (SSSR count). The van der Waals surface area contributed by atoms with Gasteiger partial charge in [-0.3, -0.25) is 9.98 Å². The average molecular weight is 386 g/mol. The fourth-order valence-corrected chi connectivity index (χ4v) is 4.53. The second-order valence-corrected chi connectivity index (χ2v) is 8.94. The Hall–Kier alpha value is -1.78. The van der Waals surface area contributed by atoms with Crippen LogP contribution in [0.3, 0.4) is 0 Å². The van der Waals surface area contributed by atoms with E-state index in [4.69, 9.17) is 10.7 Å². The Labute approximate surface area is 171 Å². The van der Waals surface area contributed by atoms with Crippen molar-refractivity contribution >= 4 is 11.8 Å². The summed E-state index contributed by atoms with van der Waals surface area (Å²) in [5, 5.41) is 3.65. The summed E-state index contributed by atoms with van der Waals surface area (Å²) in [6.45, 7) is 6.50. The molecule has 5 nitrogen and oxygen atoms in total. The van der Waals surface area contributed by atoms with Gasteiger partial charge in [0.25, 0.3) is 0 Å². The van der Waals surface area contributed by atoms with Crippen LogP contribution in [0.25, 0.3) is 0 Å². The summed E-state index contributed by atoms with van der Waals surface area (Å²) in [5.41, 5.74) is 7.57. The van der Waals surface area contributed by atoms with Crippen LogP contribution < -0.4 is 11.1 Å². The molecular weight excluding hydrogens is 346 g/mol. The minimum absolute atomic E-state index is 0.309. The van der Waals surface area contributed by atoms with E-state index < -0.39 is 0 Å². The number of nitrogens with one attached hydrogen (secondary N) is 1. The molecule has 0 saturated carbocycles. The van der Waals surface area contributed by atoms with Gasteiger partial charge in [0.05, 0.1) is 18.6 Å². The van der Waals surface area contributed by atoms with Crippen molar-refractivity contribution in [3.63, 3.8) is 0 Å². The average Bonchev–Trinajstić information content (AvgIpc) is 3.13. The first-order valence-electron chi connectivity index (χ1n) is 11.3. The predicted octanol–water partition coefficient (Wildman–Crippen LogP) is 4.02. The summed E-state index contributed by atoms with van der Waals surface area (Å²) in [7, 11) is 1.76. The molecule has 2 aliphatic heterocycles. The second-order valence-electron chi connectivity index (χ2n) is 8.94. The first kappa shape index (κ1) is 20.9. The normalized spacial score (nSPS) is 30.0. The maximum atomic E-state index is 6.01. The van der Waals surface area contributed by atoms with Crippen LogP contribution in [-0.2, 0) is 0 Å². The van der Waals surface area contributed by atoms with Gasteiger partial charge < -0.3 is 16.0 Å². The molecule has 0 aromatic heterocycles. The van der Waals surface area contributed by atoms with Crippen LogP contribution in [0.15, 0.2) is 33.8 Å².